The van der Waals surface area contributed by atoms with Gasteiger partial charge in [-0.2, -0.15) is 0 Å². The van der Waals surface area contributed by atoms with Crippen molar-refractivity contribution in [2.24, 2.45) is 0 Å². The van der Waals surface area contributed by atoms with Gasteiger partial charge in [0.2, 0.25) is 0 Å². The van der Waals surface area contributed by atoms with Crippen LogP contribution in [0.2, 0.25) is 0 Å². The fraction of sp³-hybridized carbons (Fsp3) is 0.107. The number of benzene rings is 4. The third-order valence-electron chi connectivity index (χ3n) is 5.99. The van der Waals surface area contributed by atoms with Crippen LogP contribution in [0.1, 0.15) is 16.8 Å². The summed E-state index contributed by atoms with van der Waals surface area (Å²) in [7, 11) is -2.25. The quantitative estimate of drug-likeness (QED) is 0.246. The fourth-order valence-corrected chi connectivity index (χ4v) is 9.25. The molecular weight excluding hydrogens is 411 g/mol. The molecule has 1 amide bonds. The Bertz CT molecular complexity index is 1030. The molecule has 0 heterocycles. The second kappa shape index (κ2) is 10.3. The molecule has 162 valence electrons. The molecule has 0 aromatic heterocycles. The molecule has 0 atom stereocenters. The molecule has 4 rings (SSSR count). The van der Waals surface area contributed by atoms with Crippen LogP contribution in [0.5, 0.6) is 0 Å². The average Bonchev–Trinajstić information content (AvgIpc) is 2.86. The van der Waals surface area contributed by atoms with Gasteiger partial charge in [-0.05, 0) is 0 Å². The molecule has 4 aromatic rings. The van der Waals surface area contributed by atoms with E-state index in [1.807, 2.05) is 0 Å². The van der Waals surface area contributed by atoms with Crippen molar-refractivity contribution in [1.29, 1.82) is 0 Å². The van der Waals surface area contributed by atoms with E-state index in [0.717, 1.165) is 12.6 Å². The SMILES string of the molecule is Nc1ccc(C(=O)NCCC[PH](c2ccccc2)(c2ccccc2)c2ccccc2)cc1. The first-order valence-electron chi connectivity index (χ1n) is 11.0. The molecular formula is C28H29N2OP. The van der Waals surface area contributed by atoms with Crippen molar-refractivity contribution in [3.63, 3.8) is 0 Å². The van der Waals surface area contributed by atoms with Crippen LogP contribution in [-0.4, -0.2) is 18.6 Å². The molecule has 3 N–H and O–H groups in total. The minimum absolute atomic E-state index is 0.0589. The van der Waals surface area contributed by atoms with E-state index in [-0.39, 0.29) is 5.91 Å². The molecule has 4 heteroatoms. The van der Waals surface area contributed by atoms with E-state index in [4.69, 9.17) is 5.73 Å². The van der Waals surface area contributed by atoms with Crippen molar-refractivity contribution in [3.8, 4) is 0 Å². The minimum atomic E-state index is -2.25. The Kier molecular flexibility index (Phi) is 6.99. The van der Waals surface area contributed by atoms with Crippen molar-refractivity contribution in [3.05, 3.63) is 121 Å². The van der Waals surface area contributed by atoms with Crippen LogP contribution in [-0.2, 0) is 0 Å². The van der Waals surface area contributed by atoms with E-state index >= 15 is 0 Å². The first-order chi connectivity index (χ1) is 15.7. The molecule has 0 unspecified atom stereocenters. The molecule has 0 saturated carbocycles. The van der Waals surface area contributed by atoms with E-state index in [1.54, 1.807) is 24.3 Å². The Hall–Kier alpha value is -3.42. The van der Waals surface area contributed by atoms with Gasteiger partial charge < -0.3 is 0 Å². The summed E-state index contributed by atoms with van der Waals surface area (Å²) < 4.78 is 0. The molecule has 32 heavy (non-hydrogen) atoms. The van der Waals surface area contributed by atoms with Crippen molar-refractivity contribution in [2.75, 3.05) is 18.4 Å². The van der Waals surface area contributed by atoms with Gasteiger partial charge in [-0.1, -0.05) is 0 Å². The predicted octanol–water partition coefficient (Wildman–Crippen LogP) is 4.12. The summed E-state index contributed by atoms with van der Waals surface area (Å²) in [4.78, 5) is 12.5. The zero-order valence-electron chi connectivity index (χ0n) is 18.1. The molecule has 0 saturated heterocycles. The maximum atomic E-state index is 12.5. The topological polar surface area (TPSA) is 55.1 Å². The van der Waals surface area contributed by atoms with Gasteiger partial charge in [-0.15, -0.1) is 0 Å². The summed E-state index contributed by atoms with van der Waals surface area (Å²) in [6.07, 6.45) is 1.90. The van der Waals surface area contributed by atoms with Gasteiger partial charge in [0, 0.05) is 0 Å². The molecule has 0 fully saturated rings. The second-order valence-electron chi connectivity index (χ2n) is 7.98. The number of carbonyl (C=O) groups excluding carboxylic acids is 1. The number of hydrogen-bond acceptors (Lipinski definition) is 2. The zero-order chi connectivity index (χ0) is 22.2. The van der Waals surface area contributed by atoms with Gasteiger partial charge in [0.1, 0.15) is 0 Å². The Morgan fingerprint density at radius 2 is 1.09 bits per heavy atom. The molecule has 0 spiro atoms. The summed E-state index contributed by atoms with van der Waals surface area (Å²) in [5.74, 6) is -0.0589. The molecule has 0 aliphatic carbocycles. The Balaban J connectivity index is 1.61. The van der Waals surface area contributed by atoms with Gasteiger partial charge >= 0.3 is 191 Å². The van der Waals surface area contributed by atoms with Crippen molar-refractivity contribution in [1.82, 2.24) is 5.32 Å². The van der Waals surface area contributed by atoms with Crippen LogP contribution in [0.3, 0.4) is 0 Å². The molecule has 4 aromatic carbocycles. The number of anilines is 1. The molecule has 0 radical (unpaired) electrons. The Morgan fingerprint density at radius 1 is 0.656 bits per heavy atom. The van der Waals surface area contributed by atoms with Gasteiger partial charge in [-0.25, -0.2) is 0 Å². The van der Waals surface area contributed by atoms with Crippen LogP contribution in [0.4, 0.5) is 5.69 Å². The molecule has 0 bridgehead atoms. The summed E-state index contributed by atoms with van der Waals surface area (Å²) >= 11 is 0. The number of carbonyl (C=O) groups is 1. The Labute approximate surface area is 190 Å². The number of nitrogens with one attached hydrogen (secondary N) is 1. The van der Waals surface area contributed by atoms with Crippen molar-refractivity contribution >= 4 is 34.8 Å². The standard InChI is InChI=1S/C28H29N2OP/c29-24-19-17-23(18-20-24)28(31)30-21-10-22-32(25-11-4-1-5-12-25,26-13-6-2-7-14-26)27-15-8-3-9-16-27/h1-9,11-20,32H,10,21-22,29H2,(H,30,31). The maximum absolute atomic E-state index is 12.5. The normalized spacial score (nSPS) is 11.6. The third kappa shape index (κ3) is 4.74. The van der Waals surface area contributed by atoms with Crippen molar-refractivity contribution < 1.29 is 4.79 Å². The first kappa shape index (κ1) is 21.8. The molecule has 0 aliphatic heterocycles. The van der Waals surface area contributed by atoms with Gasteiger partial charge in [0.15, 0.2) is 0 Å². The van der Waals surface area contributed by atoms with E-state index < -0.39 is 7.26 Å². The fourth-order valence-electron chi connectivity index (χ4n) is 4.39. The number of amides is 1. The summed E-state index contributed by atoms with van der Waals surface area (Å²) in [6, 6.07) is 39.6. The van der Waals surface area contributed by atoms with E-state index in [2.05, 4.69) is 96.3 Å². The monoisotopic (exact) mass is 440 g/mol. The van der Waals surface area contributed by atoms with Gasteiger partial charge in [0.25, 0.3) is 0 Å². The van der Waals surface area contributed by atoms with Gasteiger partial charge in [-0.3, -0.25) is 0 Å². The van der Waals surface area contributed by atoms with E-state index in [0.29, 0.717) is 17.8 Å². The first-order valence-corrected chi connectivity index (χ1v) is 13.2. The number of nitrogens with two attached hydrogens (primary N) is 1. The summed E-state index contributed by atoms with van der Waals surface area (Å²) in [5.41, 5.74) is 7.03. The zero-order valence-corrected chi connectivity index (χ0v) is 19.1. The molecule has 3 nitrogen and oxygen atoms in total. The Morgan fingerprint density at radius 3 is 1.53 bits per heavy atom. The average molecular weight is 441 g/mol. The van der Waals surface area contributed by atoms with Crippen LogP contribution in [0.15, 0.2) is 115 Å². The number of nitrogen functional groups attached to an aromatic ring is 1. The summed E-state index contributed by atoms with van der Waals surface area (Å²) in [6.45, 7) is 0.629. The van der Waals surface area contributed by atoms with Crippen LogP contribution >= 0.6 is 7.26 Å². The van der Waals surface area contributed by atoms with E-state index in [9.17, 15) is 4.79 Å². The third-order valence-corrected chi connectivity index (χ3v) is 11.0. The predicted molar refractivity (Wildman–Crippen MR) is 139 cm³/mol. The van der Waals surface area contributed by atoms with Crippen molar-refractivity contribution in [2.45, 2.75) is 6.42 Å². The van der Waals surface area contributed by atoms with Crippen LogP contribution in [0, 0.1) is 0 Å². The molecule has 0 aliphatic rings. The van der Waals surface area contributed by atoms with E-state index in [1.165, 1.54) is 15.9 Å². The van der Waals surface area contributed by atoms with Gasteiger partial charge in [0.05, 0.1) is 0 Å². The summed E-state index contributed by atoms with van der Waals surface area (Å²) in [5, 5.41) is 7.26. The number of hydrogen-bond donors (Lipinski definition) is 2. The second-order valence-corrected chi connectivity index (χ2v) is 12.0. The van der Waals surface area contributed by atoms with Crippen LogP contribution < -0.4 is 27.0 Å². The number of rotatable bonds is 8. The van der Waals surface area contributed by atoms with Crippen LogP contribution in [0.25, 0.3) is 0 Å².